The molecular formula is C16H18N8O8S. The molecular weight excluding hydrogens is 464 g/mol. The Morgan fingerprint density at radius 2 is 1.24 bits per heavy atom. The van der Waals surface area contributed by atoms with Gasteiger partial charge in [-0.15, -0.1) is 8.57 Å². The highest BCUT2D eigenvalue weighted by Gasteiger charge is 2.52. The Kier molecular flexibility index (Phi) is 4.53. The van der Waals surface area contributed by atoms with Crippen molar-refractivity contribution in [1.82, 2.24) is 40.2 Å². The number of hydrogen-bond donors (Lipinski definition) is 0. The summed E-state index contributed by atoms with van der Waals surface area (Å²) in [7, 11) is -4.78. The lowest BCUT2D eigenvalue weighted by Crippen LogP contribution is -2.41. The summed E-state index contributed by atoms with van der Waals surface area (Å²) in [5.74, 6) is 0.672. The van der Waals surface area contributed by atoms with E-state index in [1.165, 1.54) is 9.80 Å². The molecule has 6 rings (SSSR count). The fourth-order valence-corrected chi connectivity index (χ4v) is 5.65. The molecule has 2 aromatic heterocycles. The normalized spacial score (nSPS) is 29.5. The van der Waals surface area contributed by atoms with Crippen molar-refractivity contribution in [3.63, 3.8) is 0 Å². The van der Waals surface area contributed by atoms with Gasteiger partial charge in [0.25, 0.3) is 0 Å². The van der Waals surface area contributed by atoms with Crippen LogP contribution in [0.2, 0.25) is 0 Å². The maximum Gasteiger partial charge on any atom is 0.442 e. The summed E-state index contributed by atoms with van der Waals surface area (Å²) in [6, 6.07) is -3.21. The van der Waals surface area contributed by atoms with Crippen LogP contribution in [0.1, 0.15) is 49.4 Å². The molecule has 4 atom stereocenters. The first kappa shape index (κ1) is 20.3. The largest absolute Gasteiger partial charge is 0.442 e. The van der Waals surface area contributed by atoms with Crippen LogP contribution in [0, 0.1) is 0 Å². The van der Waals surface area contributed by atoms with E-state index in [2.05, 4.69) is 20.3 Å². The molecule has 4 aliphatic rings. The number of hydrogen-bond acceptors (Lipinski definition) is 12. The number of carbonyl (C=O) groups is 2. The first-order valence-corrected chi connectivity index (χ1v) is 11.6. The van der Waals surface area contributed by atoms with Crippen molar-refractivity contribution in [2.75, 3.05) is 13.1 Å². The Bertz CT molecular complexity index is 1070. The zero-order valence-corrected chi connectivity index (χ0v) is 17.8. The van der Waals surface area contributed by atoms with E-state index in [9.17, 15) is 18.0 Å². The third kappa shape index (κ3) is 3.30. The van der Waals surface area contributed by atoms with E-state index in [0.717, 1.165) is 22.9 Å². The molecule has 176 valence electrons. The van der Waals surface area contributed by atoms with Crippen molar-refractivity contribution in [2.24, 2.45) is 0 Å². The molecule has 0 N–H and O–H groups in total. The second kappa shape index (κ2) is 7.35. The Labute approximate surface area is 186 Å². The Balaban J connectivity index is 1.15. The average molecular weight is 482 g/mol. The molecule has 4 amide bonds. The monoisotopic (exact) mass is 482 g/mol. The number of nitrogens with zero attached hydrogens (tertiary/aromatic N) is 8. The van der Waals surface area contributed by atoms with Crippen LogP contribution in [0.3, 0.4) is 0 Å². The van der Waals surface area contributed by atoms with Crippen LogP contribution in [-0.4, -0.2) is 85.9 Å². The molecule has 16 nitrogen and oxygen atoms in total. The van der Waals surface area contributed by atoms with Gasteiger partial charge in [0.15, 0.2) is 11.6 Å². The highest BCUT2D eigenvalue weighted by atomic mass is 32.3. The lowest BCUT2D eigenvalue weighted by molar-refractivity contribution is -0.0841. The van der Waals surface area contributed by atoms with Gasteiger partial charge >= 0.3 is 22.5 Å². The second-order valence-electron chi connectivity index (χ2n) is 8.15. The minimum Gasteiger partial charge on any atom is -0.343 e. The summed E-state index contributed by atoms with van der Waals surface area (Å²) in [6.45, 7) is 0.470. The summed E-state index contributed by atoms with van der Waals surface area (Å²) < 4.78 is 44.9. The summed E-state index contributed by atoms with van der Waals surface area (Å²) in [4.78, 5) is 36.5. The van der Waals surface area contributed by atoms with Gasteiger partial charge in [0.1, 0.15) is 0 Å². The van der Waals surface area contributed by atoms with Crippen LogP contribution in [0.4, 0.5) is 9.59 Å². The van der Waals surface area contributed by atoms with Crippen molar-refractivity contribution < 1.29 is 35.6 Å². The first-order valence-electron chi connectivity index (χ1n) is 10.3. The third-order valence-corrected chi connectivity index (χ3v) is 7.03. The molecule has 0 radical (unpaired) electrons. The lowest BCUT2D eigenvalue weighted by atomic mass is 10.0. The Morgan fingerprint density at radius 3 is 1.64 bits per heavy atom. The van der Waals surface area contributed by atoms with Crippen molar-refractivity contribution in [1.29, 1.82) is 0 Å². The van der Waals surface area contributed by atoms with E-state index >= 15 is 0 Å². The number of carbonyl (C=O) groups excluding carboxylic acids is 2. The SMILES string of the molecule is O=C1N2C[C@@H](CC[C@H]2c2ncon2)N1OS(=O)(=O)ON1C(=O)N2C[C@H]1CC[C@H]2c1ncon1. The molecule has 4 saturated heterocycles. The van der Waals surface area contributed by atoms with E-state index in [1.54, 1.807) is 0 Å². The molecule has 17 heteroatoms. The van der Waals surface area contributed by atoms with Gasteiger partial charge in [0.2, 0.25) is 12.8 Å². The maximum atomic E-state index is 12.8. The van der Waals surface area contributed by atoms with Gasteiger partial charge < -0.3 is 18.8 Å². The number of piperidine rings is 2. The molecule has 0 unspecified atom stereocenters. The number of urea groups is 2. The van der Waals surface area contributed by atoms with Gasteiger partial charge in [-0.2, -0.15) is 28.5 Å². The minimum absolute atomic E-state index is 0.235. The first-order chi connectivity index (χ1) is 15.9. The topological polar surface area (TPSA) is 178 Å². The average Bonchev–Trinajstić information content (AvgIpc) is 3.60. The molecule has 4 bridgehead atoms. The Hall–Kier alpha value is -3.31. The summed E-state index contributed by atoms with van der Waals surface area (Å²) in [5.41, 5.74) is 0. The predicted molar refractivity (Wildman–Crippen MR) is 99.1 cm³/mol. The van der Waals surface area contributed by atoms with Crippen LogP contribution < -0.4 is 0 Å². The van der Waals surface area contributed by atoms with Gasteiger partial charge in [-0.3, -0.25) is 0 Å². The molecule has 0 aromatic carbocycles. The van der Waals surface area contributed by atoms with Crippen LogP contribution in [0.5, 0.6) is 0 Å². The van der Waals surface area contributed by atoms with Gasteiger partial charge in [-0.25, -0.2) is 9.59 Å². The summed E-state index contributed by atoms with van der Waals surface area (Å²) in [5, 5.41) is 9.09. The van der Waals surface area contributed by atoms with Gasteiger partial charge in [0.05, 0.1) is 24.2 Å². The van der Waals surface area contributed by atoms with E-state index in [0.29, 0.717) is 37.3 Å². The smallest absolute Gasteiger partial charge is 0.343 e. The molecule has 0 saturated carbocycles. The van der Waals surface area contributed by atoms with Crippen molar-refractivity contribution in [3.05, 3.63) is 24.4 Å². The Morgan fingerprint density at radius 1 is 0.788 bits per heavy atom. The molecule has 0 aliphatic carbocycles. The minimum atomic E-state index is -4.78. The standard InChI is InChI=1S/C16H18N8O8S/c25-15-21-5-9(1-3-11(21)13-17-7-29-19-13)23(15)31-33(27,28)32-24-10-2-4-12(14-18-8-30-20-14)22(6-10)16(24)26/h7-12H,1-6H2/t9-,10-,11+,12+/m1/s1. The van der Waals surface area contributed by atoms with Crippen LogP contribution in [0.25, 0.3) is 0 Å². The molecule has 4 aliphatic heterocycles. The molecule has 0 spiro atoms. The fraction of sp³-hybridized carbons (Fsp3) is 0.625. The zero-order valence-electron chi connectivity index (χ0n) is 17.0. The van der Waals surface area contributed by atoms with E-state index in [4.69, 9.17) is 17.6 Å². The number of amides is 4. The predicted octanol–water partition coefficient (Wildman–Crippen LogP) is 0.143. The second-order valence-corrected chi connectivity index (χ2v) is 9.27. The highest BCUT2D eigenvalue weighted by Crippen LogP contribution is 2.39. The molecule has 4 fully saturated rings. The van der Waals surface area contributed by atoms with E-state index in [-0.39, 0.29) is 13.1 Å². The quantitative estimate of drug-likeness (QED) is 0.545. The molecule has 6 heterocycles. The zero-order chi connectivity index (χ0) is 22.7. The van der Waals surface area contributed by atoms with Crippen molar-refractivity contribution in [3.8, 4) is 0 Å². The molecule has 33 heavy (non-hydrogen) atoms. The summed E-state index contributed by atoms with van der Waals surface area (Å²) in [6.07, 6.45) is 4.27. The van der Waals surface area contributed by atoms with Crippen LogP contribution in [-0.2, 0) is 19.0 Å². The maximum absolute atomic E-state index is 12.8. The van der Waals surface area contributed by atoms with Gasteiger partial charge in [-0.1, -0.05) is 10.3 Å². The lowest BCUT2D eigenvalue weighted by Gasteiger charge is -2.27. The van der Waals surface area contributed by atoms with Gasteiger partial charge in [-0.05, 0) is 25.7 Å². The summed E-state index contributed by atoms with van der Waals surface area (Å²) >= 11 is 0. The molecule has 2 aromatic rings. The highest BCUT2D eigenvalue weighted by molar-refractivity contribution is 7.81. The van der Waals surface area contributed by atoms with Crippen LogP contribution in [0.15, 0.2) is 21.8 Å². The fourth-order valence-electron chi connectivity index (χ4n) is 4.86. The van der Waals surface area contributed by atoms with Crippen molar-refractivity contribution in [2.45, 2.75) is 49.9 Å². The number of aromatic nitrogens is 4. The van der Waals surface area contributed by atoms with Crippen molar-refractivity contribution >= 4 is 22.5 Å². The number of fused-ring (bicyclic) bond motifs is 4. The number of rotatable bonds is 6. The van der Waals surface area contributed by atoms with E-state index in [1.807, 2.05) is 0 Å². The van der Waals surface area contributed by atoms with Crippen LogP contribution >= 0.6 is 0 Å². The van der Waals surface area contributed by atoms with E-state index < -0.39 is 46.6 Å². The number of hydroxylamine groups is 4. The third-order valence-electron chi connectivity index (χ3n) is 6.34. The van der Waals surface area contributed by atoms with Gasteiger partial charge in [0, 0.05) is 13.1 Å².